The summed E-state index contributed by atoms with van der Waals surface area (Å²) < 4.78 is 12.3. The van der Waals surface area contributed by atoms with Crippen molar-refractivity contribution in [1.29, 1.82) is 0 Å². The van der Waals surface area contributed by atoms with E-state index in [1.165, 1.54) is 19.3 Å². The van der Waals surface area contributed by atoms with Gasteiger partial charge in [0.2, 0.25) is 0 Å². The van der Waals surface area contributed by atoms with Crippen molar-refractivity contribution in [3.8, 4) is 0 Å². The van der Waals surface area contributed by atoms with Crippen LogP contribution in [0.25, 0.3) is 0 Å². The summed E-state index contributed by atoms with van der Waals surface area (Å²) in [5.41, 5.74) is 8.83. The van der Waals surface area contributed by atoms with Crippen LogP contribution in [0.4, 0.5) is 0 Å². The van der Waals surface area contributed by atoms with E-state index in [0.717, 1.165) is 29.4 Å². The number of fused-ring (bicyclic) bond motifs is 9. The number of ether oxygens (including phenoxy) is 2. The molecular weight excluding hydrogens is 414 g/mol. The molecule has 5 heteroatoms. The van der Waals surface area contributed by atoms with E-state index in [0.29, 0.717) is 41.3 Å². The number of hydrogen-bond donors (Lipinski definition) is 1. The molecule has 7 unspecified atom stereocenters. The van der Waals surface area contributed by atoms with Gasteiger partial charge in [0.15, 0.2) is 0 Å². The molecule has 2 aromatic rings. The first-order chi connectivity index (χ1) is 16.0. The van der Waals surface area contributed by atoms with E-state index in [1.54, 1.807) is 12.1 Å². The van der Waals surface area contributed by atoms with Crippen LogP contribution in [-0.2, 0) is 16.0 Å². The molecule has 6 rings (SSSR count). The molecule has 2 N–H and O–H groups in total. The molecule has 0 aromatic heterocycles. The van der Waals surface area contributed by atoms with Gasteiger partial charge in [-0.2, -0.15) is 0 Å². The molecule has 5 nitrogen and oxygen atoms in total. The molecule has 4 bridgehead atoms. The minimum absolute atomic E-state index is 0.290. The molecule has 4 fully saturated rings. The number of carbonyl (C=O) groups is 2. The smallest absolute Gasteiger partial charge is 0.338 e. The summed E-state index contributed by atoms with van der Waals surface area (Å²) in [6, 6.07) is 14.7. The molecule has 0 saturated heterocycles. The van der Waals surface area contributed by atoms with Gasteiger partial charge in [0, 0.05) is 18.4 Å². The highest BCUT2D eigenvalue weighted by Crippen LogP contribution is 2.68. The second kappa shape index (κ2) is 7.98. The van der Waals surface area contributed by atoms with Crippen LogP contribution >= 0.6 is 0 Å². The molecule has 4 aliphatic rings. The first kappa shape index (κ1) is 20.9. The zero-order chi connectivity index (χ0) is 22.7. The zero-order valence-electron chi connectivity index (χ0n) is 19.0. The van der Waals surface area contributed by atoms with Crippen molar-refractivity contribution >= 4 is 11.9 Å². The Morgan fingerprint density at radius 3 is 1.76 bits per heavy atom. The second-order valence-electron chi connectivity index (χ2n) is 10.6. The summed E-state index contributed by atoms with van der Waals surface area (Å²) in [6.45, 7) is 2.43. The van der Waals surface area contributed by atoms with E-state index in [2.05, 4.69) is 0 Å². The lowest BCUT2D eigenvalue weighted by molar-refractivity contribution is -0.0891. The van der Waals surface area contributed by atoms with Gasteiger partial charge >= 0.3 is 11.9 Å². The van der Waals surface area contributed by atoms with Crippen LogP contribution in [-0.4, -0.2) is 24.1 Å². The maximum atomic E-state index is 13.1. The fraction of sp³-hybridized carbons (Fsp3) is 0.500. The van der Waals surface area contributed by atoms with E-state index in [4.69, 9.17) is 15.2 Å². The first-order valence-electron chi connectivity index (χ1n) is 12.3. The van der Waals surface area contributed by atoms with Crippen LogP contribution in [0.3, 0.4) is 0 Å². The lowest BCUT2D eigenvalue weighted by atomic mass is 9.69. The molecule has 33 heavy (non-hydrogen) atoms. The van der Waals surface area contributed by atoms with Crippen molar-refractivity contribution < 1.29 is 19.1 Å². The Labute approximate surface area is 194 Å². The number of hydrogen-bond acceptors (Lipinski definition) is 5. The van der Waals surface area contributed by atoms with Gasteiger partial charge in [-0.25, -0.2) is 9.59 Å². The fourth-order valence-corrected chi connectivity index (χ4v) is 7.63. The van der Waals surface area contributed by atoms with Crippen molar-refractivity contribution in [3.05, 3.63) is 70.8 Å². The monoisotopic (exact) mass is 445 g/mol. The van der Waals surface area contributed by atoms with Gasteiger partial charge in [0.25, 0.3) is 0 Å². The highest BCUT2D eigenvalue weighted by molar-refractivity contribution is 5.90. The summed E-state index contributed by atoms with van der Waals surface area (Å²) >= 11 is 0. The van der Waals surface area contributed by atoms with Gasteiger partial charge in [-0.15, -0.1) is 0 Å². The average molecular weight is 446 g/mol. The summed E-state index contributed by atoms with van der Waals surface area (Å²) in [7, 11) is 0. The molecule has 0 aliphatic heterocycles. The molecular formula is C28H31NO4. The van der Waals surface area contributed by atoms with Crippen molar-refractivity contribution in [2.75, 3.05) is 0 Å². The van der Waals surface area contributed by atoms with Crippen molar-refractivity contribution in [3.63, 3.8) is 0 Å². The van der Waals surface area contributed by atoms with Crippen LogP contribution in [0.15, 0.2) is 48.5 Å². The Bertz CT molecular complexity index is 1060. The van der Waals surface area contributed by atoms with Gasteiger partial charge in [0.05, 0.1) is 11.1 Å². The van der Waals surface area contributed by atoms with Crippen molar-refractivity contribution in [2.45, 2.75) is 51.4 Å². The molecule has 0 amide bonds. The topological polar surface area (TPSA) is 78.6 Å². The number of esters is 2. The normalized spacial score (nSPS) is 35.5. The lowest BCUT2D eigenvalue weighted by Crippen LogP contribution is -2.48. The molecule has 8 atom stereocenters. The van der Waals surface area contributed by atoms with Crippen LogP contribution in [0.2, 0.25) is 0 Å². The zero-order valence-corrected chi connectivity index (χ0v) is 19.0. The van der Waals surface area contributed by atoms with Gasteiger partial charge in [-0.3, -0.25) is 0 Å². The standard InChI is InChI=1S/C28H31NO4/c1-15-2-6-17(7-3-15)27(30)32-25-21-13-22(24-20-11-10-19(12-20)23(21)24)26(25)33-28(31)18-8-4-16(14-29)5-9-18/h2-9,19-26H,10-14,29H2,1H3/t19?,20-,21?,22?,23?,24?,25?,26?/m0/s1. The van der Waals surface area contributed by atoms with Crippen LogP contribution in [0, 0.1) is 42.4 Å². The minimum atomic E-state index is -0.369. The number of aryl methyl sites for hydroxylation is 1. The summed E-state index contributed by atoms with van der Waals surface area (Å²) in [5.74, 6) is 2.64. The Kier molecular flexibility index (Phi) is 5.06. The second-order valence-corrected chi connectivity index (χ2v) is 10.6. The van der Waals surface area contributed by atoms with E-state index >= 15 is 0 Å². The Balaban J connectivity index is 1.26. The lowest BCUT2D eigenvalue weighted by Gasteiger charge is -2.42. The Morgan fingerprint density at radius 1 is 0.788 bits per heavy atom. The van der Waals surface area contributed by atoms with Crippen molar-refractivity contribution in [1.82, 2.24) is 0 Å². The molecule has 0 heterocycles. The Hall–Kier alpha value is -2.66. The fourth-order valence-electron chi connectivity index (χ4n) is 7.63. The summed E-state index contributed by atoms with van der Waals surface area (Å²) in [4.78, 5) is 26.1. The SMILES string of the molecule is Cc1ccc(C(=O)OC2C3CC(C2OC(=O)c2ccc(CN)cc2)C2C3C3CC[C@H]2C3)cc1. The highest BCUT2D eigenvalue weighted by Gasteiger charge is 2.68. The predicted molar refractivity (Wildman–Crippen MR) is 123 cm³/mol. The quantitative estimate of drug-likeness (QED) is 0.541. The van der Waals surface area contributed by atoms with Crippen LogP contribution in [0.1, 0.15) is 57.5 Å². The number of benzene rings is 2. The van der Waals surface area contributed by atoms with E-state index in [-0.39, 0.29) is 24.1 Å². The summed E-state index contributed by atoms with van der Waals surface area (Å²) in [5, 5.41) is 0. The number of nitrogens with two attached hydrogens (primary N) is 1. The number of carbonyl (C=O) groups excluding carboxylic acids is 2. The molecule has 4 aliphatic carbocycles. The van der Waals surface area contributed by atoms with Gasteiger partial charge in [-0.05, 0) is 86.1 Å². The maximum Gasteiger partial charge on any atom is 0.338 e. The third kappa shape index (κ3) is 3.40. The maximum absolute atomic E-state index is 13.1. The number of rotatable bonds is 5. The molecule has 0 spiro atoms. The average Bonchev–Trinajstić information content (AvgIpc) is 3.60. The van der Waals surface area contributed by atoms with Crippen LogP contribution < -0.4 is 5.73 Å². The molecule has 4 saturated carbocycles. The van der Waals surface area contributed by atoms with Crippen molar-refractivity contribution in [2.24, 2.45) is 41.2 Å². The first-order valence-corrected chi connectivity index (χ1v) is 12.3. The van der Waals surface area contributed by atoms with Gasteiger partial charge in [0.1, 0.15) is 12.2 Å². The third-order valence-corrected chi connectivity index (χ3v) is 8.95. The summed E-state index contributed by atoms with van der Waals surface area (Å²) in [6.07, 6.45) is 4.15. The molecule has 2 aromatic carbocycles. The van der Waals surface area contributed by atoms with Crippen LogP contribution in [0.5, 0.6) is 0 Å². The molecule has 0 radical (unpaired) electrons. The minimum Gasteiger partial charge on any atom is -0.455 e. The highest BCUT2D eigenvalue weighted by atomic mass is 16.6. The van der Waals surface area contributed by atoms with Gasteiger partial charge in [-0.1, -0.05) is 29.8 Å². The van der Waals surface area contributed by atoms with E-state index < -0.39 is 0 Å². The molecule has 172 valence electrons. The van der Waals surface area contributed by atoms with E-state index in [9.17, 15) is 9.59 Å². The Morgan fingerprint density at radius 2 is 1.27 bits per heavy atom. The largest absolute Gasteiger partial charge is 0.455 e. The van der Waals surface area contributed by atoms with Gasteiger partial charge < -0.3 is 15.2 Å². The van der Waals surface area contributed by atoms with E-state index in [1.807, 2.05) is 43.3 Å². The third-order valence-electron chi connectivity index (χ3n) is 8.95. The predicted octanol–water partition coefficient (Wildman–Crippen LogP) is 4.52.